The summed E-state index contributed by atoms with van der Waals surface area (Å²) in [6.45, 7) is 4.29. The molecule has 0 bridgehead atoms. The van der Waals surface area contributed by atoms with Crippen LogP contribution in [0.2, 0.25) is 0 Å². The van der Waals surface area contributed by atoms with Gasteiger partial charge in [0, 0.05) is 29.3 Å². The number of imidazole rings is 1. The van der Waals surface area contributed by atoms with Gasteiger partial charge in [-0.3, -0.25) is 0 Å². The smallest absolute Gasteiger partial charge is 0.160 e. The predicted molar refractivity (Wildman–Crippen MR) is 91.5 cm³/mol. The van der Waals surface area contributed by atoms with Crippen molar-refractivity contribution in [3.8, 4) is 0 Å². The van der Waals surface area contributed by atoms with Crippen LogP contribution in [0.3, 0.4) is 0 Å². The Morgan fingerprint density at radius 2 is 2.19 bits per heavy atom. The lowest BCUT2D eigenvalue weighted by Gasteiger charge is -2.16. The molecule has 5 heteroatoms. The molecular weight excluding hydrogens is 302 g/mol. The molecule has 0 amide bonds. The zero-order chi connectivity index (χ0) is 14.8. The Hall–Kier alpha value is -0.740. The highest BCUT2D eigenvalue weighted by Crippen LogP contribution is 2.39. The van der Waals surface area contributed by atoms with Crippen molar-refractivity contribution in [1.82, 2.24) is 14.5 Å². The Balaban J connectivity index is 1.99. The van der Waals surface area contributed by atoms with Gasteiger partial charge in [-0.25, -0.2) is 9.97 Å². The van der Waals surface area contributed by atoms with Crippen molar-refractivity contribution in [2.75, 3.05) is 11.6 Å². The van der Waals surface area contributed by atoms with E-state index in [4.69, 9.17) is 21.6 Å². The Morgan fingerprint density at radius 3 is 2.95 bits per heavy atom. The molecule has 0 saturated heterocycles. The number of aromatic nitrogens is 3. The van der Waals surface area contributed by atoms with Gasteiger partial charge in [-0.2, -0.15) is 11.8 Å². The third kappa shape index (κ3) is 3.07. The fourth-order valence-corrected chi connectivity index (χ4v) is 4.60. The van der Waals surface area contributed by atoms with E-state index in [1.54, 1.807) is 0 Å². The Morgan fingerprint density at radius 1 is 1.33 bits per heavy atom. The first-order valence-corrected chi connectivity index (χ1v) is 9.33. The minimum Gasteiger partial charge on any atom is -0.310 e. The maximum Gasteiger partial charge on any atom is 0.160 e. The van der Waals surface area contributed by atoms with E-state index in [2.05, 4.69) is 29.3 Å². The highest BCUT2D eigenvalue weighted by Gasteiger charge is 2.29. The van der Waals surface area contributed by atoms with E-state index in [1.165, 1.54) is 25.0 Å². The molecule has 1 saturated carbocycles. The molecule has 2 aromatic rings. The van der Waals surface area contributed by atoms with Crippen LogP contribution in [-0.2, 0) is 6.42 Å². The standard InChI is InChI=1S/C16H22ClN3S/c1-3-21-13-6-5-12(10-13)20-15(8-9-17)19-14-7-4-11(2)18-16(14)20/h4,7,12-13H,3,5-6,8-10H2,1-2H3. The van der Waals surface area contributed by atoms with E-state index in [9.17, 15) is 0 Å². The molecule has 2 atom stereocenters. The van der Waals surface area contributed by atoms with Crippen molar-refractivity contribution in [3.63, 3.8) is 0 Å². The van der Waals surface area contributed by atoms with Crippen LogP contribution in [0, 0.1) is 6.92 Å². The van der Waals surface area contributed by atoms with Gasteiger partial charge in [-0.1, -0.05) is 6.92 Å². The van der Waals surface area contributed by atoms with Crippen molar-refractivity contribution in [2.45, 2.75) is 50.8 Å². The normalized spacial score (nSPS) is 22.2. The summed E-state index contributed by atoms with van der Waals surface area (Å²) >= 11 is 8.06. The molecular formula is C16H22ClN3S. The number of rotatable bonds is 5. The van der Waals surface area contributed by atoms with E-state index in [0.717, 1.165) is 34.4 Å². The summed E-state index contributed by atoms with van der Waals surface area (Å²) < 4.78 is 2.38. The Bertz CT molecular complexity index is 625. The van der Waals surface area contributed by atoms with Crippen LogP contribution in [0.1, 0.15) is 43.7 Å². The van der Waals surface area contributed by atoms with Crippen LogP contribution in [0.15, 0.2) is 12.1 Å². The summed E-state index contributed by atoms with van der Waals surface area (Å²) in [5.74, 6) is 2.92. The molecule has 2 heterocycles. The molecule has 3 rings (SSSR count). The molecule has 0 aliphatic heterocycles. The number of nitrogens with zero attached hydrogens (tertiary/aromatic N) is 3. The molecule has 1 aliphatic carbocycles. The number of fused-ring (bicyclic) bond motifs is 1. The minimum absolute atomic E-state index is 0.534. The lowest BCUT2D eigenvalue weighted by Crippen LogP contribution is -2.11. The zero-order valence-electron chi connectivity index (χ0n) is 12.7. The van der Waals surface area contributed by atoms with Crippen LogP contribution >= 0.6 is 23.4 Å². The second-order valence-corrected chi connectivity index (χ2v) is 7.63. The predicted octanol–water partition coefficient (Wildman–Crippen LogP) is 4.37. The first-order valence-electron chi connectivity index (χ1n) is 7.75. The molecule has 0 aromatic carbocycles. The van der Waals surface area contributed by atoms with Crippen molar-refractivity contribution >= 4 is 34.5 Å². The van der Waals surface area contributed by atoms with Crippen LogP contribution in [0.4, 0.5) is 0 Å². The van der Waals surface area contributed by atoms with Crippen LogP contribution in [0.5, 0.6) is 0 Å². The number of hydrogen-bond donors (Lipinski definition) is 0. The van der Waals surface area contributed by atoms with Gasteiger partial charge in [-0.05, 0) is 44.1 Å². The largest absolute Gasteiger partial charge is 0.310 e. The van der Waals surface area contributed by atoms with Gasteiger partial charge in [0.2, 0.25) is 0 Å². The molecule has 0 radical (unpaired) electrons. The summed E-state index contributed by atoms with van der Waals surface area (Å²) in [4.78, 5) is 9.51. The monoisotopic (exact) mass is 323 g/mol. The fourth-order valence-electron chi connectivity index (χ4n) is 3.30. The lowest BCUT2D eigenvalue weighted by molar-refractivity contribution is 0.511. The zero-order valence-corrected chi connectivity index (χ0v) is 14.3. The lowest BCUT2D eigenvalue weighted by atomic mass is 10.2. The quantitative estimate of drug-likeness (QED) is 0.766. The van der Waals surface area contributed by atoms with Crippen LogP contribution in [-0.4, -0.2) is 31.4 Å². The topological polar surface area (TPSA) is 30.7 Å². The number of thioether (sulfide) groups is 1. The third-order valence-electron chi connectivity index (χ3n) is 4.19. The Labute approximate surface area is 135 Å². The highest BCUT2D eigenvalue weighted by molar-refractivity contribution is 7.99. The van der Waals surface area contributed by atoms with E-state index in [-0.39, 0.29) is 0 Å². The van der Waals surface area contributed by atoms with Gasteiger partial charge in [0.1, 0.15) is 11.3 Å². The molecule has 1 fully saturated rings. The van der Waals surface area contributed by atoms with E-state index < -0.39 is 0 Å². The minimum atomic E-state index is 0.534. The molecule has 114 valence electrons. The molecule has 2 unspecified atom stereocenters. The number of hydrogen-bond acceptors (Lipinski definition) is 3. The second kappa shape index (κ2) is 6.57. The number of aryl methyl sites for hydroxylation is 2. The molecule has 2 aromatic heterocycles. The average molecular weight is 324 g/mol. The maximum absolute atomic E-state index is 5.97. The van der Waals surface area contributed by atoms with E-state index in [1.807, 2.05) is 13.0 Å². The summed E-state index contributed by atoms with van der Waals surface area (Å²) in [7, 11) is 0. The van der Waals surface area contributed by atoms with Crippen molar-refractivity contribution < 1.29 is 0 Å². The molecule has 3 nitrogen and oxygen atoms in total. The fraction of sp³-hybridized carbons (Fsp3) is 0.625. The van der Waals surface area contributed by atoms with Crippen molar-refractivity contribution in [2.24, 2.45) is 0 Å². The van der Waals surface area contributed by atoms with Gasteiger partial charge >= 0.3 is 0 Å². The summed E-state index contributed by atoms with van der Waals surface area (Å²) in [6, 6.07) is 4.65. The second-order valence-electron chi connectivity index (χ2n) is 5.68. The number of pyridine rings is 1. The molecule has 21 heavy (non-hydrogen) atoms. The average Bonchev–Trinajstić information content (AvgIpc) is 3.03. The van der Waals surface area contributed by atoms with Gasteiger partial charge in [0.25, 0.3) is 0 Å². The maximum atomic E-state index is 5.97. The highest BCUT2D eigenvalue weighted by atomic mass is 35.5. The summed E-state index contributed by atoms with van der Waals surface area (Å²) in [6.07, 6.45) is 4.58. The molecule has 0 N–H and O–H groups in total. The van der Waals surface area contributed by atoms with Crippen LogP contribution in [0.25, 0.3) is 11.2 Å². The molecule has 1 aliphatic rings. The summed E-state index contributed by atoms with van der Waals surface area (Å²) in [5, 5.41) is 0.783. The van der Waals surface area contributed by atoms with Crippen LogP contribution < -0.4 is 0 Å². The van der Waals surface area contributed by atoms with E-state index in [0.29, 0.717) is 11.9 Å². The Kier molecular flexibility index (Phi) is 4.75. The number of halogens is 1. The van der Waals surface area contributed by atoms with Gasteiger partial charge in [0.15, 0.2) is 5.65 Å². The first kappa shape index (κ1) is 15.2. The first-order chi connectivity index (χ1) is 10.2. The van der Waals surface area contributed by atoms with Gasteiger partial charge in [-0.15, -0.1) is 11.6 Å². The van der Waals surface area contributed by atoms with Gasteiger partial charge < -0.3 is 4.57 Å². The van der Waals surface area contributed by atoms with Crippen molar-refractivity contribution in [1.29, 1.82) is 0 Å². The SMILES string of the molecule is CCSC1CCC(n2c(CCCl)nc3ccc(C)nc32)C1. The molecule has 0 spiro atoms. The summed E-state index contributed by atoms with van der Waals surface area (Å²) in [5.41, 5.74) is 3.10. The van der Waals surface area contributed by atoms with E-state index >= 15 is 0 Å². The third-order valence-corrected chi connectivity index (χ3v) is 5.61. The number of alkyl halides is 1. The van der Waals surface area contributed by atoms with Gasteiger partial charge in [0.05, 0.1) is 0 Å². The van der Waals surface area contributed by atoms with Crippen molar-refractivity contribution in [3.05, 3.63) is 23.7 Å².